The second-order valence-electron chi connectivity index (χ2n) is 6.30. The largest absolute Gasteiger partial charge is 0.416 e. The number of nitrogens with two attached hydrogens (primary N) is 1. The van der Waals surface area contributed by atoms with E-state index in [0.717, 1.165) is 17.8 Å². The Morgan fingerprint density at radius 3 is 1.67 bits per heavy atom. The molecule has 27 heavy (non-hydrogen) atoms. The number of halogens is 6. The van der Waals surface area contributed by atoms with E-state index in [0.29, 0.717) is 18.8 Å². The van der Waals surface area contributed by atoms with E-state index in [1.165, 1.54) is 4.90 Å². The van der Waals surface area contributed by atoms with Gasteiger partial charge in [0.1, 0.15) is 0 Å². The molecule has 2 aromatic rings. The van der Waals surface area contributed by atoms with Crippen molar-refractivity contribution in [3.8, 4) is 0 Å². The topological polar surface area (TPSA) is 32.5 Å². The Morgan fingerprint density at radius 2 is 1.19 bits per heavy atom. The first-order chi connectivity index (χ1) is 12.6. The van der Waals surface area contributed by atoms with Crippen LogP contribution in [-0.4, -0.2) is 26.2 Å². The zero-order valence-corrected chi connectivity index (χ0v) is 14.1. The van der Waals surface area contributed by atoms with Gasteiger partial charge in [0.25, 0.3) is 0 Å². The zero-order valence-electron chi connectivity index (χ0n) is 14.1. The number of benzene rings is 2. The van der Waals surface area contributed by atoms with E-state index in [4.69, 9.17) is 5.73 Å². The number of nitrogen functional groups attached to an aromatic ring is 1. The molecular formula is C18H17F6N3. The van der Waals surface area contributed by atoms with E-state index in [9.17, 15) is 26.3 Å². The Balaban J connectivity index is 1.84. The van der Waals surface area contributed by atoms with Crippen molar-refractivity contribution >= 4 is 17.1 Å². The third-order valence-corrected chi connectivity index (χ3v) is 4.49. The summed E-state index contributed by atoms with van der Waals surface area (Å²) in [5.41, 5.74) is 4.61. The number of rotatable bonds is 2. The highest BCUT2D eigenvalue weighted by Gasteiger charge is 2.37. The van der Waals surface area contributed by atoms with E-state index >= 15 is 0 Å². The molecule has 0 unspecified atom stereocenters. The van der Waals surface area contributed by atoms with Gasteiger partial charge < -0.3 is 15.5 Å². The smallest absolute Gasteiger partial charge is 0.397 e. The summed E-state index contributed by atoms with van der Waals surface area (Å²) in [7, 11) is 0. The summed E-state index contributed by atoms with van der Waals surface area (Å²) in [5, 5.41) is 0. The number of para-hydroxylation sites is 2. The van der Waals surface area contributed by atoms with E-state index in [1.807, 2.05) is 17.0 Å². The molecule has 0 radical (unpaired) electrons. The number of anilines is 3. The van der Waals surface area contributed by atoms with Crippen molar-refractivity contribution < 1.29 is 26.3 Å². The number of nitrogens with zero attached hydrogens (tertiary/aromatic N) is 2. The highest BCUT2D eigenvalue weighted by Crippen LogP contribution is 2.38. The fourth-order valence-electron chi connectivity index (χ4n) is 3.10. The molecule has 0 spiro atoms. The van der Waals surface area contributed by atoms with Gasteiger partial charge in [-0.25, -0.2) is 0 Å². The Hall–Kier alpha value is -2.58. The maximum absolute atomic E-state index is 13.0. The molecule has 0 aliphatic carbocycles. The Morgan fingerprint density at radius 1 is 0.704 bits per heavy atom. The van der Waals surface area contributed by atoms with Gasteiger partial charge in [-0.05, 0) is 30.3 Å². The van der Waals surface area contributed by atoms with Crippen LogP contribution in [-0.2, 0) is 12.4 Å². The van der Waals surface area contributed by atoms with E-state index in [2.05, 4.69) is 0 Å². The molecular weight excluding hydrogens is 372 g/mol. The van der Waals surface area contributed by atoms with Gasteiger partial charge in [-0.1, -0.05) is 12.1 Å². The van der Waals surface area contributed by atoms with Gasteiger partial charge in [0.15, 0.2) is 0 Å². The minimum absolute atomic E-state index is 0.0853. The maximum Gasteiger partial charge on any atom is 0.416 e. The molecule has 9 heteroatoms. The van der Waals surface area contributed by atoms with Crippen molar-refractivity contribution in [2.24, 2.45) is 0 Å². The van der Waals surface area contributed by atoms with Crippen LogP contribution in [0.1, 0.15) is 11.1 Å². The van der Waals surface area contributed by atoms with Gasteiger partial charge in [0.2, 0.25) is 0 Å². The minimum atomic E-state index is -4.85. The lowest BCUT2D eigenvalue weighted by molar-refractivity contribution is -0.143. The lowest BCUT2D eigenvalue weighted by Gasteiger charge is -2.38. The zero-order chi connectivity index (χ0) is 19.8. The van der Waals surface area contributed by atoms with Crippen LogP contribution < -0.4 is 15.5 Å². The van der Waals surface area contributed by atoms with E-state index in [-0.39, 0.29) is 24.8 Å². The number of piperazine rings is 1. The fraction of sp³-hybridized carbons (Fsp3) is 0.333. The first-order valence-electron chi connectivity index (χ1n) is 8.19. The Bertz CT molecular complexity index is 775. The highest BCUT2D eigenvalue weighted by atomic mass is 19.4. The predicted octanol–water partition coefficient (Wildman–Crippen LogP) is 4.63. The predicted molar refractivity (Wildman–Crippen MR) is 91.7 cm³/mol. The van der Waals surface area contributed by atoms with E-state index < -0.39 is 23.5 Å². The van der Waals surface area contributed by atoms with Crippen molar-refractivity contribution in [2.75, 3.05) is 41.7 Å². The molecule has 3 rings (SSSR count). The lowest BCUT2D eigenvalue weighted by atomic mass is 10.1. The third-order valence-electron chi connectivity index (χ3n) is 4.49. The van der Waals surface area contributed by atoms with Gasteiger partial charge in [0.05, 0.1) is 22.5 Å². The van der Waals surface area contributed by atoms with E-state index in [1.54, 1.807) is 12.1 Å². The van der Waals surface area contributed by atoms with Crippen LogP contribution in [0.2, 0.25) is 0 Å². The van der Waals surface area contributed by atoms with Crippen LogP contribution in [0.15, 0.2) is 42.5 Å². The molecule has 1 fully saturated rings. The second kappa shape index (κ2) is 6.86. The third kappa shape index (κ3) is 4.23. The summed E-state index contributed by atoms with van der Waals surface area (Å²) in [6.07, 6.45) is -9.70. The molecule has 1 heterocycles. The molecule has 2 aromatic carbocycles. The number of hydrogen-bond donors (Lipinski definition) is 1. The van der Waals surface area contributed by atoms with Gasteiger partial charge in [-0.2, -0.15) is 26.3 Å². The maximum atomic E-state index is 13.0. The molecule has 3 nitrogen and oxygen atoms in total. The summed E-state index contributed by atoms with van der Waals surface area (Å²) in [6.45, 7) is 1.44. The van der Waals surface area contributed by atoms with Crippen molar-refractivity contribution in [2.45, 2.75) is 12.4 Å². The fourth-order valence-corrected chi connectivity index (χ4v) is 3.10. The monoisotopic (exact) mass is 389 g/mol. The van der Waals surface area contributed by atoms with Crippen molar-refractivity contribution in [1.29, 1.82) is 0 Å². The first-order valence-corrected chi connectivity index (χ1v) is 8.19. The molecule has 0 atom stereocenters. The molecule has 0 amide bonds. The summed E-state index contributed by atoms with van der Waals surface area (Å²) in [6, 6.07) is 8.85. The highest BCUT2D eigenvalue weighted by molar-refractivity contribution is 5.68. The van der Waals surface area contributed by atoms with Crippen LogP contribution in [0, 0.1) is 0 Å². The molecule has 146 valence electrons. The minimum Gasteiger partial charge on any atom is -0.397 e. The Labute approximate surface area is 152 Å². The average molecular weight is 389 g/mol. The van der Waals surface area contributed by atoms with Crippen molar-refractivity contribution in [1.82, 2.24) is 0 Å². The summed E-state index contributed by atoms with van der Waals surface area (Å²) in [4.78, 5) is 3.49. The molecule has 1 saturated heterocycles. The average Bonchev–Trinajstić information content (AvgIpc) is 2.60. The number of alkyl halides is 6. The summed E-state index contributed by atoms with van der Waals surface area (Å²) in [5.74, 6) is 0. The molecule has 0 saturated carbocycles. The second-order valence-corrected chi connectivity index (χ2v) is 6.30. The molecule has 0 bridgehead atoms. The molecule has 0 aromatic heterocycles. The van der Waals surface area contributed by atoms with Crippen LogP contribution in [0.5, 0.6) is 0 Å². The lowest BCUT2D eigenvalue weighted by Crippen LogP contribution is -2.46. The number of hydrogen-bond acceptors (Lipinski definition) is 3. The quantitative estimate of drug-likeness (QED) is 0.600. The molecule has 2 N–H and O–H groups in total. The molecule has 1 aliphatic heterocycles. The molecule has 1 aliphatic rings. The van der Waals surface area contributed by atoms with Gasteiger partial charge in [0, 0.05) is 31.9 Å². The summed E-state index contributed by atoms with van der Waals surface area (Å²) >= 11 is 0. The summed E-state index contributed by atoms with van der Waals surface area (Å²) < 4.78 is 78.1. The normalized spacial score (nSPS) is 15.9. The van der Waals surface area contributed by atoms with Gasteiger partial charge >= 0.3 is 12.4 Å². The van der Waals surface area contributed by atoms with Crippen LogP contribution in [0.4, 0.5) is 43.4 Å². The van der Waals surface area contributed by atoms with Gasteiger partial charge in [-0.3, -0.25) is 0 Å². The Kier molecular flexibility index (Phi) is 4.88. The van der Waals surface area contributed by atoms with Crippen molar-refractivity contribution in [3.63, 3.8) is 0 Å². The first kappa shape index (κ1) is 19.2. The van der Waals surface area contributed by atoms with Crippen molar-refractivity contribution in [3.05, 3.63) is 53.6 Å². The van der Waals surface area contributed by atoms with Crippen LogP contribution in [0.3, 0.4) is 0 Å². The van der Waals surface area contributed by atoms with Crippen LogP contribution >= 0.6 is 0 Å². The van der Waals surface area contributed by atoms with Crippen LogP contribution in [0.25, 0.3) is 0 Å². The SMILES string of the molecule is Nc1ccccc1N1CCN(c2cc(C(F)(F)F)cc(C(F)(F)F)c2)CC1. The van der Waals surface area contributed by atoms with Gasteiger partial charge in [-0.15, -0.1) is 0 Å². The standard InChI is InChI=1S/C18H17F6N3/c19-17(20,21)12-9-13(18(22,23)24)11-14(10-12)26-5-7-27(8-6-26)16-4-2-1-3-15(16)25/h1-4,9-11H,5-8,25H2.